The third-order valence-corrected chi connectivity index (χ3v) is 4.46. The smallest absolute Gasteiger partial charge is 0.134 e. The molecule has 2 aliphatic heterocycles. The van der Waals surface area contributed by atoms with Gasteiger partial charge in [0.1, 0.15) is 18.0 Å². The van der Waals surface area contributed by atoms with E-state index in [1.165, 1.54) is 19.3 Å². The second kappa shape index (κ2) is 6.39. The lowest BCUT2D eigenvalue weighted by atomic mass is 10.1. The molecule has 2 fully saturated rings. The lowest BCUT2D eigenvalue weighted by Crippen LogP contribution is -2.46. The minimum absolute atomic E-state index is 1.07. The van der Waals surface area contributed by atoms with Crippen molar-refractivity contribution in [3.8, 4) is 0 Å². The monoisotopic (exact) mass is 275 g/mol. The molecular formula is C15H25N5. The third-order valence-electron chi connectivity index (χ3n) is 4.46. The zero-order valence-corrected chi connectivity index (χ0v) is 12.5. The number of hydrogen-bond acceptors (Lipinski definition) is 5. The van der Waals surface area contributed by atoms with Crippen LogP contribution < -0.4 is 9.80 Å². The van der Waals surface area contributed by atoms with Gasteiger partial charge in [-0.05, 0) is 25.8 Å². The summed E-state index contributed by atoms with van der Waals surface area (Å²) in [6.07, 6.45) is 5.65. The van der Waals surface area contributed by atoms with E-state index in [9.17, 15) is 0 Å². The molecule has 0 N–H and O–H groups in total. The average molecular weight is 275 g/mol. The molecule has 20 heavy (non-hydrogen) atoms. The number of piperazine rings is 1. The summed E-state index contributed by atoms with van der Waals surface area (Å²) < 4.78 is 0. The van der Waals surface area contributed by atoms with Gasteiger partial charge >= 0.3 is 0 Å². The minimum Gasteiger partial charge on any atom is -0.356 e. The SMILES string of the molecule is CCN1CCN(c2cc(N3CCCCC3)ncn2)CC1. The second-order valence-corrected chi connectivity index (χ2v) is 5.70. The van der Waals surface area contributed by atoms with E-state index in [2.05, 4.69) is 37.7 Å². The van der Waals surface area contributed by atoms with Gasteiger partial charge in [0.15, 0.2) is 0 Å². The predicted molar refractivity (Wildman–Crippen MR) is 82.4 cm³/mol. The summed E-state index contributed by atoms with van der Waals surface area (Å²) in [5, 5.41) is 0. The van der Waals surface area contributed by atoms with Crippen LogP contribution in [0.5, 0.6) is 0 Å². The van der Waals surface area contributed by atoms with Crippen LogP contribution in [0.15, 0.2) is 12.4 Å². The number of anilines is 2. The molecule has 5 heteroatoms. The summed E-state index contributed by atoms with van der Waals surface area (Å²) in [5.41, 5.74) is 0. The summed E-state index contributed by atoms with van der Waals surface area (Å²) in [7, 11) is 0. The third kappa shape index (κ3) is 3.03. The van der Waals surface area contributed by atoms with Gasteiger partial charge in [0.2, 0.25) is 0 Å². The average Bonchev–Trinajstić information content (AvgIpc) is 2.56. The quantitative estimate of drug-likeness (QED) is 0.837. The van der Waals surface area contributed by atoms with Crippen LogP contribution >= 0.6 is 0 Å². The summed E-state index contributed by atoms with van der Waals surface area (Å²) in [4.78, 5) is 16.2. The Morgan fingerprint density at radius 2 is 1.45 bits per heavy atom. The molecule has 2 aliphatic rings. The molecule has 1 aromatic rings. The first kappa shape index (κ1) is 13.6. The molecule has 0 radical (unpaired) electrons. The van der Waals surface area contributed by atoms with Crippen molar-refractivity contribution in [2.75, 3.05) is 55.6 Å². The molecule has 0 bridgehead atoms. The van der Waals surface area contributed by atoms with Gasteiger partial charge in [-0.1, -0.05) is 6.92 Å². The van der Waals surface area contributed by atoms with Crippen LogP contribution in [0.2, 0.25) is 0 Å². The summed E-state index contributed by atoms with van der Waals surface area (Å²) in [5.74, 6) is 2.20. The van der Waals surface area contributed by atoms with Gasteiger partial charge < -0.3 is 14.7 Å². The van der Waals surface area contributed by atoms with E-state index in [4.69, 9.17) is 0 Å². The molecule has 110 valence electrons. The highest BCUT2D eigenvalue weighted by Gasteiger charge is 2.18. The lowest BCUT2D eigenvalue weighted by molar-refractivity contribution is 0.270. The lowest BCUT2D eigenvalue weighted by Gasteiger charge is -2.35. The topological polar surface area (TPSA) is 35.5 Å². The minimum atomic E-state index is 1.07. The zero-order valence-electron chi connectivity index (χ0n) is 12.5. The highest BCUT2D eigenvalue weighted by atomic mass is 15.3. The molecule has 0 spiro atoms. The molecule has 0 saturated carbocycles. The fraction of sp³-hybridized carbons (Fsp3) is 0.733. The van der Waals surface area contributed by atoms with Crippen LogP contribution in [0.4, 0.5) is 11.6 Å². The number of nitrogens with zero attached hydrogens (tertiary/aromatic N) is 5. The van der Waals surface area contributed by atoms with Crippen LogP contribution in [0.3, 0.4) is 0 Å². The van der Waals surface area contributed by atoms with Crippen molar-refractivity contribution in [2.45, 2.75) is 26.2 Å². The van der Waals surface area contributed by atoms with E-state index >= 15 is 0 Å². The molecule has 3 rings (SSSR count). The number of piperidine rings is 1. The molecule has 0 amide bonds. The number of likely N-dealkylation sites (N-methyl/N-ethyl adjacent to an activating group) is 1. The first-order valence-corrected chi connectivity index (χ1v) is 7.91. The Morgan fingerprint density at radius 1 is 0.850 bits per heavy atom. The van der Waals surface area contributed by atoms with Crippen LogP contribution in [-0.2, 0) is 0 Å². The van der Waals surface area contributed by atoms with Crippen molar-refractivity contribution in [2.24, 2.45) is 0 Å². The Labute approximate surface area is 121 Å². The van der Waals surface area contributed by atoms with Gasteiger partial charge in [-0.3, -0.25) is 0 Å². The van der Waals surface area contributed by atoms with Gasteiger partial charge in [-0.15, -0.1) is 0 Å². The maximum absolute atomic E-state index is 4.48. The van der Waals surface area contributed by atoms with Crippen molar-refractivity contribution in [1.29, 1.82) is 0 Å². The Morgan fingerprint density at radius 3 is 2.05 bits per heavy atom. The molecule has 0 aliphatic carbocycles. The molecule has 1 aromatic heterocycles. The van der Waals surface area contributed by atoms with Gasteiger partial charge in [0.25, 0.3) is 0 Å². The molecule has 2 saturated heterocycles. The first-order chi connectivity index (χ1) is 9.86. The van der Waals surface area contributed by atoms with Gasteiger partial charge in [0.05, 0.1) is 0 Å². The fourth-order valence-corrected chi connectivity index (χ4v) is 3.10. The van der Waals surface area contributed by atoms with Gasteiger partial charge in [-0.2, -0.15) is 0 Å². The van der Waals surface area contributed by atoms with Crippen molar-refractivity contribution in [3.63, 3.8) is 0 Å². The Balaban J connectivity index is 1.68. The molecule has 0 atom stereocenters. The first-order valence-electron chi connectivity index (χ1n) is 7.91. The van der Waals surface area contributed by atoms with E-state index in [-0.39, 0.29) is 0 Å². The number of aromatic nitrogens is 2. The van der Waals surface area contributed by atoms with Crippen molar-refractivity contribution in [1.82, 2.24) is 14.9 Å². The Bertz CT molecular complexity index is 422. The standard InChI is InChI=1S/C15H25N5/c1-2-18-8-10-20(11-9-18)15-12-14(16-13-17-15)19-6-4-3-5-7-19/h12-13H,2-11H2,1H3. The van der Waals surface area contributed by atoms with E-state index < -0.39 is 0 Å². The van der Waals surface area contributed by atoms with Crippen LogP contribution in [0.1, 0.15) is 26.2 Å². The van der Waals surface area contributed by atoms with Crippen molar-refractivity contribution >= 4 is 11.6 Å². The summed E-state index contributed by atoms with van der Waals surface area (Å²) >= 11 is 0. The van der Waals surface area contributed by atoms with Crippen LogP contribution in [-0.4, -0.2) is 60.7 Å². The van der Waals surface area contributed by atoms with E-state index in [1.807, 2.05) is 0 Å². The van der Waals surface area contributed by atoms with Gasteiger partial charge in [0, 0.05) is 45.3 Å². The highest BCUT2D eigenvalue weighted by molar-refractivity contribution is 5.50. The van der Waals surface area contributed by atoms with Crippen molar-refractivity contribution < 1.29 is 0 Å². The van der Waals surface area contributed by atoms with E-state index in [0.29, 0.717) is 0 Å². The second-order valence-electron chi connectivity index (χ2n) is 5.70. The van der Waals surface area contributed by atoms with E-state index in [0.717, 1.165) is 57.4 Å². The van der Waals surface area contributed by atoms with Crippen LogP contribution in [0, 0.1) is 0 Å². The number of rotatable bonds is 3. The summed E-state index contributed by atoms with van der Waals surface area (Å²) in [6, 6.07) is 2.17. The number of hydrogen-bond donors (Lipinski definition) is 0. The molecular weight excluding hydrogens is 250 g/mol. The maximum Gasteiger partial charge on any atom is 0.134 e. The largest absolute Gasteiger partial charge is 0.356 e. The summed E-state index contributed by atoms with van der Waals surface area (Å²) in [6.45, 7) is 10.1. The molecule has 5 nitrogen and oxygen atoms in total. The molecule has 0 aromatic carbocycles. The normalized spacial score (nSPS) is 21.2. The van der Waals surface area contributed by atoms with Crippen LogP contribution in [0.25, 0.3) is 0 Å². The van der Waals surface area contributed by atoms with E-state index in [1.54, 1.807) is 6.33 Å². The maximum atomic E-state index is 4.48. The van der Waals surface area contributed by atoms with Gasteiger partial charge in [-0.25, -0.2) is 9.97 Å². The molecule has 3 heterocycles. The van der Waals surface area contributed by atoms with Crippen molar-refractivity contribution in [3.05, 3.63) is 12.4 Å². The highest BCUT2D eigenvalue weighted by Crippen LogP contribution is 2.21. The fourth-order valence-electron chi connectivity index (χ4n) is 3.10. The predicted octanol–water partition coefficient (Wildman–Crippen LogP) is 1.61. The molecule has 0 unspecified atom stereocenters. The zero-order chi connectivity index (χ0) is 13.8. The Hall–Kier alpha value is -1.36. The Kier molecular flexibility index (Phi) is 4.35.